The van der Waals surface area contributed by atoms with Crippen molar-refractivity contribution in [3.63, 3.8) is 0 Å². The van der Waals surface area contributed by atoms with Crippen molar-refractivity contribution in [3.8, 4) is 5.75 Å². The van der Waals surface area contributed by atoms with Crippen LogP contribution in [0.2, 0.25) is 0 Å². The topological polar surface area (TPSA) is 122 Å². The molecule has 24 heavy (non-hydrogen) atoms. The minimum atomic E-state index is -4.21. The molecule has 1 unspecified atom stereocenters. The zero-order valence-electron chi connectivity index (χ0n) is 12.5. The van der Waals surface area contributed by atoms with Gasteiger partial charge in [-0.2, -0.15) is 8.42 Å². The fraction of sp³-hybridized carbons (Fsp3) is 0.357. The maximum absolute atomic E-state index is 12.0. The highest BCUT2D eigenvalue weighted by atomic mass is 32.2. The highest BCUT2D eigenvalue weighted by Crippen LogP contribution is 2.34. The first-order valence-corrected chi connectivity index (χ1v) is 8.67. The molecule has 2 atom stereocenters. The van der Waals surface area contributed by atoms with Gasteiger partial charge in [-0.15, -0.1) is 0 Å². The molecular weight excluding hydrogens is 340 g/mol. The molecule has 2 heterocycles. The maximum atomic E-state index is 12.0. The molecule has 2 N–H and O–H groups in total. The van der Waals surface area contributed by atoms with Gasteiger partial charge in [-0.05, 0) is 25.1 Å². The number of hydrogen-bond acceptors (Lipinski definition) is 6. The molecular formula is C14H15N2O7S. The van der Waals surface area contributed by atoms with Crippen LogP contribution in [0.25, 0.3) is 0 Å². The summed E-state index contributed by atoms with van der Waals surface area (Å²) in [5, 5.41) is 2.64. The van der Waals surface area contributed by atoms with Crippen LogP contribution in [-0.2, 0) is 19.6 Å². The molecule has 1 radical (unpaired) electrons. The predicted molar refractivity (Wildman–Crippen MR) is 83.4 cm³/mol. The third kappa shape index (κ3) is 3.44. The highest BCUT2D eigenvalue weighted by Gasteiger charge is 2.37. The van der Waals surface area contributed by atoms with Gasteiger partial charge in [0.2, 0.25) is 0 Å². The lowest BCUT2D eigenvalue weighted by Crippen LogP contribution is -2.30. The van der Waals surface area contributed by atoms with Gasteiger partial charge in [0, 0.05) is 11.6 Å². The quantitative estimate of drug-likeness (QED) is 0.762. The van der Waals surface area contributed by atoms with Crippen LogP contribution in [0.4, 0.5) is 16.2 Å². The Bertz CT molecular complexity index is 792. The molecule has 3 rings (SSSR count). The smallest absolute Gasteiger partial charge is 0.414 e. The first-order chi connectivity index (χ1) is 11.2. The number of nitrogens with zero attached hydrogens (tertiary/aromatic N) is 1. The van der Waals surface area contributed by atoms with Gasteiger partial charge in [0.25, 0.3) is 16.0 Å². The van der Waals surface area contributed by atoms with E-state index in [9.17, 15) is 18.0 Å². The summed E-state index contributed by atoms with van der Waals surface area (Å²) in [6.45, 7) is 3.64. The van der Waals surface area contributed by atoms with Crippen LogP contribution in [0.15, 0.2) is 18.2 Å². The Morgan fingerprint density at radius 1 is 1.42 bits per heavy atom. The van der Waals surface area contributed by atoms with Gasteiger partial charge in [-0.3, -0.25) is 14.2 Å². The minimum absolute atomic E-state index is 0.0704. The zero-order chi connectivity index (χ0) is 17.5. The van der Waals surface area contributed by atoms with Crippen LogP contribution >= 0.6 is 0 Å². The summed E-state index contributed by atoms with van der Waals surface area (Å²) < 4.78 is 41.1. The van der Waals surface area contributed by atoms with Crippen LogP contribution < -0.4 is 15.0 Å². The number of fused-ring (bicyclic) bond motifs is 1. The number of nitrogens with one attached hydrogen (secondary N) is 1. The molecule has 0 saturated carbocycles. The number of benzene rings is 1. The van der Waals surface area contributed by atoms with E-state index in [0.29, 0.717) is 17.1 Å². The summed E-state index contributed by atoms with van der Waals surface area (Å²) in [5.41, 5.74) is 0.898. The Hall–Kier alpha value is -2.33. The van der Waals surface area contributed by atoms with Gasteiger partial charge in [-0.25, -0.2) is 4.79 Å². The highest BCUT2D eigenvalue weighted by molar-refractivity contribution is 7.85. The van der Waals surface area contributed by atoms with Gasteiger partial charge in [0.1, 0.15) is 11.9 Å². The second kappa shape index (κ2) is 5.95. The van der Waals surface area contributed by atoms with Crippen LogP contribution in [-0.4, -0.2) is 50.0 Å². The van der Waals surface area contributed by atoms with E-state index in [2.05, 4.69) is 12.2 Å². The van der Waals surface area contributed by atoms with E-state index in [0.717, 1.165) is 0 Å². The molecule has 10 heteroatoms. The molecule has 1 aromatic carbocycles. The van der Waals surface area contributed by atoms with Crippen molar-refractivity contribution in [1.29, 1.82) is 0 Å². The third-order valence-electron chi connectivity index (χ3n) is 3.69. The molecule has 2 amide bonds. The predicted octanol–water partition coefficient (Wildman–Crippen LogP) is 0.681. The summed E-state index contributed by atoms with van der Waals surface area (Å²) in [4.78, 5) is 24.7. The lowest BCUT2D eigenvalue weighted by Gasteiger charge is -2.21. The van der Waals surface area contributed by atoms with Gasteiger partial charge in [0.15, 0.2) is 6.61 Å². The average Bonchev–Trinajstić information content (AvgIpc) is 2.87. The lowest BCUT2D eigenvalue weighted by molar-refractivity contribution is -0.118. The number of amides is 2. The number of carbonyl (C=O) groups is 2. The number of anilines is 2. The number of ether oxygens (including phenoxy) is 2. The van der Waals surface area contributed by atoms with Crippen molar-refractivity contribution in [2.24, 2.45) is 5.92 Å². The van der Waals surface area contributed by atoms with Gasteiger partial charge < -0.3 is 14.8 Å². The van der Waals surface area contributed by atoms with E-state index in [4.69, 9.17) is 14.0 Å². The summed E-state index contributed by atoms with van der Waals surface area (Å²) in [7, 11) is -4.21. The van der Waals surface area contributed by atoms with Crippen molar-refractivity contribution in [2.75, 3.05) is 29.1 Å². The van der Waals surface area contributed by atoms with E-state index < -0.39 is 34.0 Å². The molecule has 0 bridgehead atoms. The van der Waals surface area contributed by atoms with Gasteiger partial charge in [-0.1, -0.05) is 0 Å². The first kappa shape index (κ1) is 16.5. The molecule has 2 aliphatic rings. The van der Waals surface area contributed by atoms with Crippen molar-refractivity contribution < 1.29 is 32.0 Å². The number of carbonyl (C=O) groups excluding carboxylic acids is 2. The Morgan fingerprint density at radius 3 is 2.88 bits per heavy atom. The second-order valence-electron chi connectivity index (χ2n) is 5.56. The normalized spacial score (nSPS) is 21.6. The van der Waals surface area contributed by atoms with Gasteiger partial charge in [0.05, 0.1) is 18.0 Å². The fourth-order valence-electron chi connectivity index (χ4n) is 2.56. The van der Waals surface area contributed by atoms with Crippen molar-refractivity contribution in [2.45, 2.75) is 6.10 Å². The van der Waals surface area contributed by atoms with Crippen LogP contribution in [0.5, 0.6) is 5.75 Å². The molecule has 2 aliphatic heterocycles. The van der Waals surface area contributed by atoms with Crippen molar-refractivity contribution >= 4 is 33.5 Å². The Kier molecular flexibility index (Phi) is 4.10. The SMILES string of the molecule is [CH2]C(CS(=O)(=O)O)[C@@H]1CN(c2ccc3c(c2)NC(=O)CO3)C(=O)O1. The van der Waals surface area contributed by atoms with Crippen LogP contribution in [0.1, 0.15) is 0 Å². The summed E-state index contributed by atoms with van der Waals surface area (Å²) in [5.74, 6) is -1.22. The molecule has 9 nitrogen and oxygen atoms in total. The molecule has 1 saturated heterocycles. The Morgan fingerprint density at radius 2 is 2.17 bits per heavy atom. The minimum Gasteiger partial charge on any atom is -0.482 e. The number of rotatable bonds is 4. The van der Waals surface area contributed by atoms with E-state index in [-0.39, 0.29) is 19.1 Å². The maximum Gasteiger partial charge on any atom is 0.414 e. The largest absolute Gasteiger partial charge is 0.482 e. The Balaban J connectivity index is 1.77. The lowest BCUT2D eigenvalue weighted by atomic mass is 10.1. The fourth-order valence-corrected chi connectivity index (χ4v) is 3.31. The van der Waals surface area contributed by atoms with Crippen LogP contribution in [0.3, 0.4) is 0 Å². The molecule has 129 valence electrons. The standard InChI is InChI=1S/C14H15N2O7S/c1-8(7-24(19,20)21)12-5-16(14(18)23-12)9-2-3-11-10(4-9)15-13(17)6-22-11/h2-4,8,12H,1,5-7H2,(H,15,17)(H,19,20,21)/t8?,12-/m0/s1. The summed E-state index contributed by atoms with van der Waals surface area (Å²) in [6, 6.07) is 4.81. The van der Waals surface area contributed by atoms with Gasteiger partial charge >= 0.3 is 6.09 Å². The van der Waals surface area contributed by atoms with E-state index in [1.807, 2.05) is 0 Å². The monoisotopic (exact) mass is 355 g/mol. The third-order valence-corrected chi connectivity index (χ3v) is 4.54. The molecule has 1 fully saturated rings. The zero-order valence-corrected chi connectivity index (χ0v) is 13.3. The number of cyclic esters (lactones) is 1. The average molecular weight is 355 g/mol. The van der Waals surface area contributed by atoms with Crippen molar-refractivity contribution in [3.05, 3.63) is 25.1 Å². The molecule has 0 aromatic heterocycles. The summed E-state index contributed by atoms with van der Waals surface area (Å²) in [6.07, 6.45) is -1.44. The van der Waals surface area contributed by atoms with Crippen LogP contribution in [0, 0.1) is 12.8 Å². The molecule has 0 spiro atoms. The second-order valence-corrected chi connectivity index (χ2v) is 7.06. The van der Waals surface area contributed by atoms with E-state index in [1.54, 1.807) is 18.2 Å². The molecule has 1 aromatic rings. The van der Waals surface area contributed by atoms with E-state index >= 15 is 0 Å². The first-order valence-electron chi connectivity index (χ1n) is 7.06. The Labute approximate surface area is 138 Å². The number of hydrogen-bond donors (Lipinski definition) is 2. The van der Waals surface area contributed by atoms with Crippen molar-refractivity contribution in [1.82, 2.24) is 0 Å². The van der Waals surface area contributed by atoms with E-state index in [1.165, 1.54) is 4.90 Å². The molecule has 0 aliphatic carbocycles. The summed E-state index contributed by atoms with van der Waals surface area (Å²) >= 11 is 0.